The largest absolute Gasteiger partial charge is 0.469 e. The Hall–Kier alpha value is -2.37. The molecule has 6 heteroatoms. The topological polar surface area (TPSA) is 75.3 Å². The Kier molecular flexibility index (Phi) is 3.55. The first-order valence-corrected chi connectivity index (χ1v) is 8.44. The molecule has 1 atom stereocenters. The highest BCUT2D eigenvalue weighted by Crippen LogP contribution is 2.50. The predicted octanol–water partition coefficient (Wildman–Crippen LogP) is 2.09. The van der Waals surface area contributed by atoms with Gasteiger partial charge in [-0.2, -0.15) is 0 Å². The third-order valence-corrected chi connectivity index (χ3v) is 5.67. The van der Waals surface area contributed by atoms with Gasteiger partial charge in [-0.15, -0.1) is 0 Å². The average Bonchev–Trinajstić information content (AvgIpc) is 3.21. The van der Waals surface area contributed by atoms with Gasteiger partial charge in [0, 0.05) is 36.2 Å². The third kappa shape index (κ3) is 2.28. The van der Waals surface area contributed by atoms with E-state index in [2.05, 4.69) is 14.9 Å². The first kappa shape index (κ1) is 15.2. The van der Waals surface area contributed by atoms with Crippen LogP contribution in [0.25, 0.3) is 11.0 Å². The second-order valence-corrected chi connectivity index (χ2v) is 6.94. The maximum absolute atomic E-state index is 12.4. The molecule has 2 aliphatic rings. The zero-order valence-electron chi connectivity index (χ0n) is 13.7. The standard InChI is InChI=1S/C18H21N3O3/c1-24-17(23)13-10-21(11-18(13)6-2-3-7-18)14-9-15(22)20-16-12(14)5-4-8-19-16/h4-5,8-9,13H,2-3,6-7,10-11H2,1H3,(H,19,20,22). The van der Waals surface area contributed by atoms with Crippen LogP contribution in [0.1, 0.15) is 25.7 Å². The number of aromatic amines is 1. The number of nitrogens with zero attached hydrogens (tertiary/aromatic N) is 2. The number of methoxy groups -OCH3 is 1. The molecule has 2 aromatic rings. The fourth-order valence-corrected chi connectivity index (χ4v) is 4.53. The minimum atomic E-state index is -0.168. The molecule has 0 aromatic carbocycles. The number of rotatable bonds is 2. The number of pyridine rings is 2. The Bertz CT molecular complexity index is 839. The van der Waals surface area contributed by atoms with Gasteiger partial charge in [-0.25, -0.2) is 4.98 Å². The zero-order chi connectivity index (χ0) is 16.7. The molecule has 6 nitrogen and oxygen atoms in total. The van der Waals surface area contributed by atoms with Gasteiger partial charge in [0.1, 0.15) is 5.65 Å². The van der Waals surface area contributed by atoms with Crippen LogP contribution in [-0.4, -0.2) is 36.1 Å². The van der Waals surface area contributed by atoms with Crippen LogP contribution in [0.2, 0.25) is 0 Å². The summed E-state index contributed by atoms with van der Waals surface area (Å²) in [7, 11) is 1.46. The quantitative estimate of drug-likeness (QED) is 0.855. The summed E-state index contributed by atoms with van der Waals surface area (Å²) in [5, 5.41) is 0.913. The number of fused-ring (bicyclic) bond motifs is 1. The van der Waals surface area contributed by atoms with Gasteiger partial charge in [0.05, 0.1) is 18.7 Å². The van der Waals surface area contributed by atoms with Crippen molar-refractivity contribution in [2.24, 2.45) is 11.3 Å². The van der Waals surface area contributed by atoms with Crippen LogP contribution in [0.3, 0.4) is 0 Å². The van der Waals surface area contributed by atoms with Crippen molar-refractivity contribution in [1.29, 1.82) is 0 Å². The molecular weight excluding hydrogens is 306 g/mol. The summed E-state index contributed by atoms with van der Waals surface area (Å²) in [6.07, 6.45) is 6.06. The third-order valence-electron chi connectivity index (χ3n) is 5.67. The molecule has 24 heavy (non-hydrogen) atoms. The summed E-state index contributed by atoms with van der Waals surface area (Å²) >= 11 is 0. The van der Waals surface area contributed by atoms with Gasteiger partial charge in [0.15, 0.2) is 0 Å². The molecule has 2 aromatic heterocycles. The molecule has 1 unspecified atom stereocenters. The van der Waals surface area contributed by atoms with E-state index in [9.17, 15) is 9.59 Å². The molecule has 126 valence electrons. The lowest BCUT2D eigenvalue weighted by atomic mass is 9.76. The molecule has 0 amide bonds. The van der Waals surface area contributed by atoms with E-state index in [1.165, 1.54) is 7.11 Å². The van der Waals surface area contributed by atoms with E-state index in [-0.39, 0.29) is 22.9 Å². The van der Waals surface area contributed by atoms with Crippen LogP contribution < -0.4 is 10.5 Å². The van der Waals surface area contributed by atoms with Crippen molar-refractivity contribution in [3.8, 4) is 0 Å². The number of ether oxygens (including phenoxy) is 1. The number of hydrogen-bond acceptors (Lipinski definition) is 5. The molecule has 1 spiro atoms. The highest BCUT2D eigenvalue weighted by molar-refractivity contribution is 5.89. The van der Waals surface area contributed by atoms with Gasteiger partial charge in [-0.3, -0.25) is 9.59 Å². The minimum Gasteiger partial charge on any atom is -0.469 e. The first-order chi connectivity index (χ1) is 11.6. The fourth-order valence-electron chi connectivity index (χ4n) is 4.53. The molecule has 4 rings (SSSR count). The van der Waals surface area contributed by atoms with E-state index < -0.39 is 0 Å². The maximum Gasteiger partial charge on any atom is 0.311 e. The van der Waals surface area contributed by atoms with Crippen molar-refractivity contribution < 1.29 is 9.53 Å². The van der Waals surface area contributed by atoms with Gasteiger partial charge < -0.3 is 14.6 Å². The second kappa shape index (κ2) is 5.61. The number of nitrogens with one attached hydrogen (secondary N) is 1. The molecule has 2 fully saturated rings. The Morgan fingerprint density at radius 1 is 1.42 bits per heavy atom. The smallest absolute Gasteiger partial charge is 0.311 e. The summed E-state index contributed by atoms with van der Waals surface area (Å²) in [6.45, 7) is 1.39. The van der Waals surface area contributed by atoms with E-state index in [0.717, 1.165) is 43.3 Å². The number of anilines is 1. The van der Waals surface area contributed by atoms with E-state index in [1.807, 2.05) is 12.1 Å². The van der Waals surface area contributed by atoms with Crippen LogP contribution in [0.5, 0.6) is 0 Å². The monoisotopic (exact) mass is 327 g/mol. The molecule has 3 heterocycles. The van der Waals surface area contributed by atoms with E-state index >= 15 is 0 Å². The van der Waals surface area contributed by atoms with Crippen LogP contribution in [0.15, 0.2) is 29.2 Å². The van der Waals surface area contributed by atoms with E-state index in [4.69, 9.17) is 4.74 Å². The van der Waals surface area contributed by atoms with Crippen molar-refractivity contribution in [3.63, 3.8) is 0 Å². The van der Waals surface area contributed by atoms with Crippen LogP contribution >= 0.6 is 0 Å². The van der Waals surface area contributed by atoms with Crippen LogP contribution in [-0.2, 0) is 9.53 Å². The number of H-pyrrole nitrogens is 1. The molecule has 1 N–H and O–H groups in total. The number of aromatic nitrogens is 2. The summed E-state index contributed by atoms with van der Waals surface area (Å²) < 4.78 is 5.07. The minimum absolute atomic E-state index is 0.0236. The van der Waals surface area contributed by atoms with Crippen molar-refractivity contribution >= 4 is 22.7 Å². The average molecular weight is 327 g/mol. The molecule has 1 saturated carbocycles. The van der Waals surface area contributed by atoms with Crippen LogP contribution in [0.4, 0.5) is 5.69 Å². The Morgan fingerprint density at radius 2 is 2.21 bits per heavy atom. The molecule has 1 saturated heterocycles. The second-order valence-electron chi connectivity index (χ2n) is 6.94. The molecule has 0 bridgehead atoms. The molecule has 1 aliphatic heterocycles. The Balaban J connectivity index is 1.78. The van der Waals surface area contributed by atoms with Crippen LogP contribution in [0, 0.1) is 11.3 Å². The lowest BCUT2D eigenvalue weighted by Gasteiger charge is -2.28. The van der Waals surface area contributed by atoms with Gasteiger partial charge in [-0.05, 0) is 25.0 Å². The van der Waals surface area contributed by atoms with Crippen molar-refractivity contribution in [2.75, 3.05) is 25.1 Å². The maximum atomic E-state index is 12.4. The SMILES string of the molecule is COC(=O)C1CN(c2cc(=O)[nH]c3ncccc23)CC12CCCC2. The van der Waals surface area contributed by atoms with Gasteiger partial charge >= 0.3 is 5.97 Å². The first-order valence-electron chi connectivity index (χ1n) is 8.44. The lowest BCUT2D eigenvalue weighted by molar-refractivity contribution is -0.148. The molecule has 0 radical (unpaired) electrons. The molecular formula is C18H21N3O3. The molecule has 1 aliphatic carbocycles. The van der Waals surface area contributed by atoms with Crippen molar-refractivity contribution in [3.05, 3.63) is 34.7 Å². The number of carbonyl (C=O) groups excluding carboxylic acids is 1. The highest BCUT2D eigenvalue weighted by Gasteiger charge is 2.52. The predicted molar refractivity (Wildman–Crippen MR) is 91.0 cm³/mol. The summed E-state index contributed by atoms with van der Waals surface area (Å²) in [5.41, 5.74) is 1.25. The zero-order valence-corrected chi connectivity index (χ0v) is 13.7. The fraction of sp³-hybridized carbons (Fsp3) is 0.500. The number of hydrogen-bond donors (Lipinski definition) is 1. The number of carbonyl (C=O) groups is 1. The summed E-state index contributed by atoms with van der Waals surface area (Å²) in [5.74, 6) is -0.261. The van der Waals surface area contributed by atoms with Gasteiger partial charge in [-0.1, -0.05) is 12.8 Å². The Labute approximate surface area is 139 Å². The van der Waals surface area contributed by atoms with E-state index in [1.54, 1.807) is 12.3 Å². The van der Waals surface area contributed by atoms with E-state index in [0.29, 0.717) is 12.2 Å². The van der Waals surface area contributed by atoms with Gasteiger partial charge in [0.25, 0.3) is 5.56 Å². The van der Waals surface area contributed by atoms with Crippen molar-refractivity contribution in [1.82, 2.24) is 9.97 Å². The summed E-state index contributed by atoms with van der Waals surface area (Å²) in [4.78, 5) is 33.6. The van der Waals surface area contributed by atoms with Gasteiger partial charge in [0.2, 0.25) is 0 Å². The lowest BCUT2D eigenvalue weighted by Crippen LogP contribution is -2.33. The number of esters is 1. The normalized spacial score (nSPS) is 22.4. The highest BCUT2D eigenvalue weighted by atomic mass is 16.5. The summed E-state index contributed by atoms with van der Waals surface area (Å²) in [6, 6.07) is 5.44. The Morgan fingerprint density at radius 3 is 2.96 bits per heavy atom. The van der Waals surface area contributed by atoms with Crippen molar-refractivity contribution in [2.45, 2.75) is 25.7 Å².